The van der Waals surface area contributed by atoms with Crippen LogP contribution in [0, 0.1) is 0 Å². The lowest BCUT2D eigenvalue weighted by Crippen LogP contribution is -2.49. The van der Waals surface area contributed by atoms with Crippen molar-refractivity contribution in [2.45, 2.75) is 24.6 Å². The molecule has 7 nitrogen and oxygen atoms in total. The number of aryl methyl sites for hydroxylation is 1. The predicted octanol–water partition coefficient (Wildman–Crippen LogP) is 2.52. The molecule has 1 atom stereocenters. The maximum absolute atomic E-state index is 13.2. The first-order valence-electron chi connectivity index (χ1n) is 8.79. The molecule has 1 aromatic carbocycles. The highest BCUT2D eigenvalue weighted by Gasteiger charge is 2.44. The van der Waals surface area contributed by atoms with Gasteiger partial charge in [0.25, 0.3) is 12.3 Å². The molecule has 0 aliphatic heterocycles. The summed E-state index contributed by atoms with van der Waals surface area (Å²) in [7, 11) is 6.96. The second-order valence-electron chi connectivity index (χ2n) is 6.69. The van der Waals surface area contributed by atoms with Crippen LogP contribution in [0.15, 0.2) is 18.3 Å². The molecule has 4 N–H and O–H groups in total. The molecule has 10 heteroatoms. The second kappa shape index (κ2) is 7.75. The Morgan fingerprint density at radius 2 is 2.00 bits per heavy atom. The Bertz CT molecular complexity index is 896. The van der Waals surface area contributed by atoms with Gasteiger partial charge in [0, 0.05) is 47.5 Å². The number of carbonyl (C=O) groups is 1. The molecule has 3 rings (SSSR count). The van der Waals surface area contributed by atoms with E-state index in [2.05, 4.69) is 26.4 Å². The maximum Gasteiger partial charge on any atom is 0.282 e. The largest absolute Gasteiger partial charge is 0.322 e. The van der Waals surface area contributed by atoms with Crippen molar-refractivity contribution in [2.24, 2.45) is 7.05 Å². The summed E-state index contributed by atoms with van der Waals surface area (Å²) < 4.78 is 27.6. The highest BCUT2D eigenvalue weighted by atomic mass is 35.5. The number of fused-ring (bicyclic) bond motifs is 1. The van der Waals surface area contributed by atoms with Crippen LogP contribution in [0.4, 0.5) is 14.5 Å². The first-order chi connectivity index (χ1) is 13.3. The van der Waals surface area contributed by atoms with Crippen molar-refractivity contribution in [3.63, 3.8) is 0 Å². The van der Waals surface area contributed by atoms with E-state index in [9.17, 15) is 13.6 Å². The van der Waals surface area contributed by atoms with E-state index in [0.717, 1.165) is 11.1 Å². The molecular formula is C18H23ClF2N6O. The average Bonchev–Trinajstić information content (AvgIpc) is 3.23. The SMILES string of the molecule is CNC1CC(NC)(NC)c2c(Cl)ccc(NC(=O)c3cn(C)nc3C(F)F)c21. The first-order valence-corrected chi connectivity index (χ1v) is 9.16. The van der Waals surface area contributed by atoms with E-state index in [1.54, 1.807) is 12.1 Å². The number of anilines is 1. The van der Waals surface area contributed by atoms with Gasteiger partial charge in [-0.15, -0.1) is 0 Å². The molecule has 1 unspecified atom stereocenters. The summed E-state index contributed by atoms with van der Waals surface area (Å²) in [5.74, 6) is -0.644. The van der Waals surface area contributed by atoms with Gasteiger partial charge in [-0.1, -0.05) is 11.6 Å². The molecule has 1 amide bonds. The maximum atomic E-state index is 13.2. The van der Waals surface area contributed by atoms with Crippen LogP contribution in [0.2, 0.25) is 5.02 Å². The number of hydrogen-bond acceptors (Lipinski definition) is 5. The van der Waals surface area contributed by atoms with Gasteiger partial charge in [-0.2, -0.15) is 5.10 Å². The van der Waals surface area contributed by atoms with Crippen molar-refractivity contribution in [3.8, 4) is 0 Å². The fraction of sp³-hybridized carbons (Fsp3) is 0.444. The number of nitrogens with zero attached hydrogens (tertiary/aromatic N) is 2. The van der Waals surface area contributed by atoms with Crippen LogP contribution in [-0.4, -0.2) is 36.8 Å². The van der Waals surface area contributed by atoms with Crippen molar-refractivity contribution in [1.29, 1.82) is 0 Å². The molecular weight excluding hydrogens is 390 g/mol. The van der Waals surface area contributed by atoms with Crippen molar-refractivity contribution in [2.75, 3.05) is 26.5 Å². The van der Waals surface area contributed by atoms with E-state index >= 15 is 0 Å². The third kappa shape index (κ3) is 3.28. The summed E-state index contributed by atoms with van der Waals surface area (Å²) in [6, 6.07) is 3.27. The van der Waals surface area contributed by atoms with E-state index in [1.807, 2.05) is 21.1 Å². The third-order valence-corrected chi connectivity index (χ3v) is 5.55. The lowest BCUT2D eigenvalue weighted by molar-refractivity contribution is 0.101. The number of rotatable bonds is 6. The minimum Gasteiger partial charge on any atom is -0.322 e. The highest BCUT2D eigenvalue weighted by Crippen LogP contribution is 2.48. The van der Waals surface area contributed by atoms with E-state index in [0.29, 0.717) is 17.1 Å². The van der Waals surface area contributed by atoms with Gasteiger partial charge in [0.2, 0.25) is 0 Å². The Morgan fingerprint density at radius 3 is 2.57 bits per heavy atom. The number of alkyl halides is 2. The van der Waals surface area contributed by atoms with Crippen LogP contribution >= 0.6 is 11.6 Å². The van der Waals surface area contributed by atoms with Crippen LogP contribution in [0.1, 0.15) is 46.1 Å². The minimum atomic E-state index is -2.84. The molecule has 0 saturated heterocycles. The van der Waals surface area contributed by atoms with Gasteiger partial charge in [-0.25, -0.2) is 8.78 Å². The van der Waals surface area contributed by atoms with Crippen molar-refractivity contribution in [1.82, 2.24) is 25.7 Å². The third-order valence-electron chi connectivity index (χ3n) is 5.24. The number of amides is 1. The van der Waals surface area contributed by atoms with Crippen molar-refractivity contribution < 1.29 is 13.6 Å². The minimum absolute atomic E-state index is 0.104. The zero-order valence-corrected chi connectivity index (χ0v) is 16.8. The van der Waals surface area contributed by atoms with Crippen LogP contribution < -0.4 is 21.3 Å². The molecule has 28 heavy (non-hydrogen) atoms. The molecule has 1 aliphatic rings. The van der Waals surface area contributed by atoms with Crippen LogP contribution in [0.5, 0.6) is 0 Å². The second-order valence-corrected chi connectivity index (χ2v) is 7.10. The van der Waals surface area contributed by atoms with Gasteiger partial charge in [0.15, 0.2) is 0 Å². The van der Waals surface area contributed by atoms with Gasteiger partial charge in [0.05, 0.1) is 11.2 Å². The van der Waals surface area contributed by atoms with Crippen LogP contribution in [0.25, 0.3) is 0 Å². The van der Waals surface area contributed by atoms with Gasteiger partial charge in [-0.05, 0) is 33.3 Å². The Hall–Kier alpha value is -2.07. The predicted molar refractivity (Wildman–Crippen MR) is 104 cm³/mol. The lowest BCUT2D eigenvalue weighted by Gasteiger charge is -2.30. The average molecular weight is 413 g/mol. The van der Waals surface area contributed by atoms with Gasteiger partial charge >= 0.3 is 0 Å². The molecule has 0 bridgehead atoms. The van der Waals surface area contributed by atoms with E-state index < -0.39 is 23.7 Å². The zero-order chi connectivity index (χ0) is 20.6. The fourth-order valence-corrected chi connectivity index (χ4v) is 4.19. The Kier molecular flexibility index (Phi) is 5.72. The number of aromatic nitrogens is 2. The first kappa shape index (κ1) is 20.7. The molecule has 0 fully saturated rings. The van der Waals surface area contributed by atoms with Crippen molar-refractivity contribution >= 4 is 23.2 Å². The summed E-state index contributed by atoms with van der Waals surface area (Å²) in [5, 5.41) is 16.8. The molecule has 1 aliphatic carbocycles. The molecule has 0 saturated carbocycles. The van der Waals surface area contributed by atoms with Crippen LogP contribution in [0.3, 0.4) is 0 Å². The molecule has 1 heterocycles. The number of nitrogens with one attached hydrogen (secondary N) is 4. The monoisotopic (exact) mass is 412 g/mol. The quantitative estimate of drug-likeness (QED) is 0.548. The summed E-state index contributed by atoms with van der Waals surface area (Å²) in [6.45, 7) is 0. The summed E-state index contributed by atoms with van der Waals surface area (Å²) in [5.41, 5.74) is 0.860. The lowest BCUT2D eigenvalue weighted by atomic mass is 10.0. The summed E-state index contributed by atoms with van der Waals surface area (Å²) >= 11 is 6.50. The van der Waals surface area contributed by atoms with Crippen molar-refractivity contribution in [3.05, 3.63) is 45.7 Å². The number of benzene rings is 1. The Balaban J connectivity index is 2.06. The molecule has 2 aromatic rings. The van der Waals surface area contributed by atoms with Gasteiger partial charge in [-0.3, -0.25) is 20.1 Å². The highest BCUT2D eigenvalue weighted by molar-refractivity contribution is 6.31. The Labute approximate surface area is 166 Å². The molecule has 0 spiro atoms. The van der Waals surface area contributed by atoms with Gasteiger partial charge in [0.1, 0.15) is 5.69 Å². The van der Waals surface area contributed by atoms with E-state index in [4.69, 9.17) is 11.6 Å². The standard InChI is InChI=1S/C18H23ClF2N6O/c1-22-12-7-18(23-2,24-3)14-10(19)5-6-11(13(12)14)25-17(28)9-8-27(4)26-15(9)16(20)21/h5-6,8,12,16,22-24H,7H2,1-4H3,(H,25,28). The van der Waals surface area contributed by atoms with E-state index in [1.165, 1.54) is 17.9 Å². The smallest absolute Gasteiger partial charge is 0.282 e. The molecule has 152 valence electrons. The normalized spacial score (nSPS) is 17.8. The van der Waals surface area contributed by atoms with Gasteiger partial charge < -0.3 is 10.6 Å². The number of halogens is 3. The molecule has 0 radical (unpaired) electrons. The topological polar surface area (TPSA) is 83.0 Å². The van der Waals surface area contributed by atoms with E-state index in [-0.39, 0.29) is 11.6 Å². The fourth-order valence-electron chi connectivity index (χ4n) is 3.86. The zero-order valence-electron chi connectivity index (χ0n) is 16.0. The summed E-state index contributed by atoms with van der Waals surface area (Å²) in [6.07, 6.45) is -0.911. The Morgan fingerprint density at radius 1 is 1.32 bits per heavy atom. The van der Waals surface area contributed by atoms with Crippen LogP contribution in [-0.2, 0) is 12.7 Å². The molecule has 1 aromatic heterocycles. The number of carbonyl (C=O) groups excluding carboxylic acids is 1. The summed E-state index contributed by atoms with van der Waals surface area (Å²) in [4.78, 5) is 12.8. The number of hydrogen-bond donors (Lipinski definition) is 4.